The number of hydrogen-bond donors (Lipinski definition) is 1. The van der Waals surface area contributed by atoms with Crippen LogP contribution >= 0.6 is 0 Å². The summed E-state index contributed by atoms with van der Waals surface area (Å²) in [4.78, 5) is 10.4. The number of nitrogens with zero attached hydrogens (tertiary/aromatic N) is 4. The second-order valence-corrected chi connectivity index (χ2v) is 8.51. The van der Waals surface area contributed by atoms with Crippen molar-refractivity contribution in [1.82, 2.24) is 23.9 Å². The van der Waals surface area contributed by atoms with Gasteiger partial charge in [0, 0.05) is 51.2 Å². The van der Waals surface area contributed by atoms with E-state index in [4.69, 9.17) is 4.74 Å². The topological polar surface area (TPSA) is 87.7 Å². The Morgan fingerprint density at radius 3 is 2.52 bits per heavy atom. The fourth-order valence-electron chi connectivity index (χ4n) is 3.61. The number of ether oxygens (including phenoxy) is 1. The summed E-state index contributed by atoms with van der Waals surface area (Å²) >= 11 is 0. The summed E-state index contributed by atoms with van der Waals surface area (Å²) < 4.78 is 33.8. The van der Waals surface area contributed by atoms with Crippen molar-refractivity contribution in [2.75, 3.05) is 26.2 Å². The van der Waals surface area contributed by atoms with Gasteiger partial charge in [-0.15, -0.1) is 0 Å². The first-order valence-electron chi connectivity index (χ1n) is 9.12. The summed E-state index contributed by atoms with van der Waals surface area (Å²) in [6, 6.07) is 8.07. The number of likely N-dealkylation sites (tertiary alicyclic amines) is 1. The molecule has 0 radical (unpaired) electrons. The molecule has 0 bridgehead atoms. The predicted octanol–water partition coefficient (Wildman–Crippen LogP) is 1.38. The highest BCUT2D eigenvalue weighted by molar-refractivity contribution is 7.87. The molecule has 27 heavy (non-hydrogen) atoms. The molecule has 144 valence electrons. The van der Waals surface area contributed by atoms with E-state index in [0.717, 1.165) is 38.2 Å². The number of piperidine rings is 1. The van der Waals surface area contributed by atoms with E-state index in [9.17, 15) is 8.42 Å². The van der Waals surface area contributed by atoms with E-state index in [2.05, 4.69) is 19.6 Å². The van der Waals surface area contributed by atoms with Gasteiger partial charge >= 0.3 is 0 Å². The van der Waals surface area contributed by atoms with Crippen LogP contribution in [0.2, 0.25) is 0 Å². The molecule has 4 rings (SSSR count). The normalized spacial score (nSPS) is 21.3. The smallest absolute Gasteiger partial charge is 0.279 e. The zero-order valence-corrected chi connectivity index (χ0v) is 15.8. The molecular weight excluding hydrogens is 366 g/mol. The van der Waals surface area contributed by atoms with Crippen LogP contribution in [0, 0.1) is 0 Å². The zero-order chi connectivity index (χ0) is 18.7. The van der Waals surface area contributed by atoms with Gasteiger partial charge in [0.25, 0.3) is 10.2 Å². The number of hydrogen-bond acceptors (Lipinski definition) is 6. The monoisotopic (exact) mass is 389 g/mol. The van der Waals surface area contributed by atoms with Crippen LogP contribution < -0.4 is 9.46 Å². The molecule has 0 atom stereocenters. The largest absolute Gasteiger partial charge is 0.438 e. The van der Waals surface area contributed by atoms with Crippen LogP contribution in [0.4, 0.5) is 0 Å². The number of benzene rings is 1. The van der Waals surface area contributed by atoms with Crippen LogP contribution in [0.5, 0.6) is 11.6 Å². The van der Waals surface area contributed by atoms with E-state index in [1.54, 1.807) is 22.9 Å². The van der Waals surface area contributed by atoms with Gasteiger partial charge in [0.1, 0.15) is 5.75 Å². The van der Waals surface area contributed by atoms with Crippen molar-refractivity contribution in [2.45, 2.75) is 25.4 Å². The average molecular weight is 389 g/mol. The third kappa shape index (κ3) is 4.44. The Bertz CT molecular complexity index is 852. The molecule has 1 aromatic carbocycles. The lowest BCUT2D eigenvalue weighted by molar-refractivity contribution is 0.158. The molecule has 2 aromatic rings. The molecule has 1 N–H and O–H groups in total. The Morgan fingerprint density at radius 2 is 1.89 bits per heavy atom. The molecule has 2 saturated heterocycles. The highest BCUT2D eigenvalue weighted by Crippen LogP contribution is 2.23. The second-order valence-electron chi connectivity index (χ2n) is 6.81. The van der Waals surface area contributed by atoms with Gasteiger partial charge < -0.3 is 4.74 Å². The molecule has 9 heteroatoms. The first-order chi connectivity index (χ1) is 13.1. The van der Waals surface area contributed by atoms with Crippen LogP contribution in [0.3, 0.4) is 0 Å². The number of aromatic nitrogens is 2. The van der Waals surface area contributed by atoms with Gasteiger partial charge in [0.15, 0.2) is 0 Å². The van der Waals surface area contributed by atoms with Crippen molar-refractivity contribution in [3.8, 4) is 11.6 Å². The minimum atomic E-state index is -3.25. The zero-order valence-electron chi connectivity index (χ0n) is 15.0. The van der Waals surface area contributed by atoms with Crippen molar-refractivity contribution in [1.29, 1.82) is 0 Å². The van der Waals surface area contributed by atoms with Crippen molar-refractivity contribution in [3.63, 3.8) is 0 Å². The van der Waals surface area contributed by atoms with Gasteiger partial charge in [-0.25, -0.2) is 9.71 Å². The molecule has 1 aromatic heterocycles. The minimum absolute atomic E-state index is 0.115. The predicted molar refractivity (Wildman–Crippen MR) is 100 cm³/mol. The molecule has 3 heterocycles. The van der Waals surface area contributed by atoms with E-state index < -0.39 is 10.2 Å². The Labute approximate surface area is 159 Å². The van der Waals surface area contributed by atoms with Crippen LogP contribution in [0.25, 0.3) is 0 Å². The molecule has 0 unspecified atom stereocenters. The standard InChI is InChI=1S/C18H23N5O3S/c24-27(25)21-9-12-23(27)16-5-10-22(11-6-16)14-15-1-3-17(4-2-15)26-18-13-19-7-8-20-18/h1-4,7-8,13,16,21H,5-6,9-12,14H2. The van der Waals surface area contributed by atoms with Gasteiger partial charge in [-0.2, -0.15) is 12.7 Å². The van der Waals surface area contributed by atoms with E-state index in [1.165, 1.54) is 5.56 Å². The summed E-state index contributed by atoms with van der Waals surface area (Å²) in [5.74, 6) is 1.20. The molecule has 2 aliphatic rings. The lowest BCUT2D eigenvalue weighted by Crippen LogP contribution is -2.46. The van der Waals surface area contributed by atoms with Gasteiger partial charge in [-0.3, -0.25) is 9.88 Å². The van der Waals surface area contributed by atoms with E-state index in [0.29, 0.717) is 19.0 Å². The molecule has 0 saturated carbocycles. The third-order valence-electron chi connectivity index (χ3n) is 4.98. The highest BCUT2D eigenvalue weighted by Gasteiger charge is 2.35. The number of nitrogens with one attached hydrogen (secondary N) is 1. The Kier molecular flexibility index (Phi) is 5.35. The average Bonchev–Trinajstić information content (AvgIpc) is 3.04. The first-order valence-corrected chi connectivity index (χ1v) is 10.6. The fourth-order valence-corrected chi connectivity index (χ4v) is 5.06. The van der Waals surface area contributed by atoms with Crippen LogP contribution in [0.15, 0.2) is 42.9 Å². The quantitative estimate of drug-likeness (QED) is 0.831. The molecule has 2 aliphatic heterocycles. The van der Waals surface area contributed by atoms with E-state index in [1.807, 2.05) is 24.3 Å². The number of rotatable bonds is 5. The van der Waals surface area contributed by atoms with Crippen LogP contribution in [0.1, 0.15) is 18.4 Å². The van der Waals surface area contributed by atoms with Gasteiger partial charge in [0.2, 0.25) is 5.88 Å². The lowest BCUT2D eigenvalue weighted by Gasteiger charge is -2.35. The minimum Gasteiger partial charge on any atom is -0.438 e. The van der Waals surface area contributed by atoms with Gasteiger partial charge in [-0.05, 0) is 30.5 Å². The van der Waals surface area contributed by atoms with Crippen molar-refractivity contribution in [2.24, 2.45) is 0 Å². The van der Waals surface area contributed by atoms with Crippen LogP contribution in [-0.2, 0) is 16.8 Å². The molecule has 2 fully saturated rings. The summed E-state index contributed by atoms with van der Waals surface area (Å²) in [7, 11) is -3.25. The molecule has 0 amide bonds. The van der Waals surface area contributed by atoms with Crippen LogP contribution in [-0.4, -0.2) is 59.8 Å². The Balaban J connectivity index is 1.29. The maximum Gasteiger partial charge on any atom is 0.279 e. The third-order valence-corrected chi connectivity index (χ3v) is 6.65. The van der Waals surface area contributed by atoms with E-state index in [-0.39, 0.29) is 6.04 Å². The second kappa shape index (κ2) is 7.89. The first kappa shape index (κ1) is 18.3. The molecule has 8 nitrogen and oxygen atoms in total. The van der Waals surface area contributed by atoms with Gasteiger partial charge in [0.05, 0.1) is 6.20 Å². The summed E-state index contributed by atoms with van der Waals surface area (Å²) in [5, 5.41) is 0. The Hall–Kier alpha value is -2.07. The Morgan fingerprint density at radius 1 is 1.11 bits per heavy atom. The van der Waals surface area contributed by atoms with E-state index >= 15 is 0 Å². The fraction of sp³-hybridized carbons (Fsp3) is 0.444. The van der Waals surface area contributed by atoms with Crippen molar-refractivity contribution in [3.05, 3.63) is 48.4 Å². The summed E-state index contributed by atoms with van der Waals surface area (Å²) in [5.41, 5.74) is 1.20. The molecule has 0 aliphatic carbocycles. The van der Waals surface area contributed by atoms with Gasteiger partial charge in [-0.1, -0.05) is 12.1 Å². The maximum absolute atomic E-state index is 12.0. The molecular formula is C18H23N5O3S. The SMILES string of the molecule is O=S1(=O)NCCN1C1CCN(Cc2ccc(Oc3cnccn3)cc2)CC1. The lowest BCUT2D eigenvalue weighted by atomic mass is 10.0. The highest BCUT2D eigenvalue weighted by atomic mass is 32.2. The molecule has 0 spiro atoms. The van der Waals surface area contributed by atoms with Crippen molar-refractivity contribution < 1.29 is 13.2 Å². The summed E-state index contributed by atoms with van der Waals surface area (Å²) in [6.07, 6.45) is 6.52. The van der Waals surface area contributed by atoms with Crippen molar-refractivity contribution >= 4 is 10.2 Å². The maximum atomic E-state index is 12.0. The summed E-state index contributed by atoms with van der Waals surface area (Å²) in [6.45, 7) is 3.75.